The first kappa shape index (κ1) is 10.2. The van der Waals surface area contributed by atoms with E-state index in [0.717, 1.165) is 0 Å². The van der Waals surface area contributed by atoms with Crippen LogP contribution in [0.5, 0.6) is 0 Å². The molecular weight excluding hydrogens is 367 g/mol. The van der Waals surface area contributed by atoms with Gasteiger partial charge < -0.3 is 0 Å². The molecule has 0 aromatic heterocycles. The van der Waals surface area contributed by atoms with Crippen LogP contribution in [0.1, 0.15) is 0 Å². The summed E-state index contributed by atoms with van der Waals surface area (Å²) >= 11 is -6.27. The normalized spacial score (nSPS) is 9.67. The molecule has 0 radical (unpaired) electrons. The molecular formula is FMoO3Tl. The van der Waals surface area contributed by atoms with Gasteiger partial charge in [0.2, 0.25) is 0 Å². The van der Waals surface area contributed by atoms with Gasteiger partial charge in [0, 0.05) is 0 Å². The maximum atomic E-state index is 10.2. The summed E-state index contributed by atoms with van der Waals surface area (Å²) in [6.07, 6.45) is 0. The fourth-order valence-corrected chi connectivity index (χ4v) is 0. The molecule has 0 aliphatic rings. The van der Waals surface area contributed by atoms with Crippen LogP contribution >= 0.6 is 0 Å². The van der Waals surface area contributed by atoms with E-state index in [0.29, 0.717) is 0 Å². The maximum Gasteiger partial charge on any atom is 1.00 e. The molecule has 0 saturated carbocycles. The molecule has 0 bridgehead atoms. The third-order valence-electron chi connectivity index (χ3n) is 0. The molecule has 6 heavy (non-hydrogen) atoms. The van der Waals surface area contributed by atoms with Crippen LogP contribution in [-0.4, -0.2) is 27.3 Å². The van der Waals surface area contributed by atoms with Crippen LogP contribution < -0.4 is 3.76 Å². The van der Waals surface area contributed by atoms with E-state index in [1.54, 1.807) is 0 Å². The molecule has 34 valence electrons. The predicted octanol–water partition coefficient (Wildman–Crippen LogP) is -1.39. The van der Waals surface area contributed by atoms with Crippen LogP contribution in [0.15, 0.2) is 0 Å². The molecule has 0 N–H and O–H groups in total. The van der Waals surface area contributed by atoms with Crippen LogP contribution in [0.2, 0.25) is 0 Å². The summed E-state index contributed by atoms with van der Waals surface area (Å²) in [7, 11) is 0. The topological polar surface area (TPSA) is 57.2 Å². The van der Waals surface area contributed by atoms with Crippen LogP contribution in [0.3, 0.4) is 0 Å². The predicted molar refractivity (Wildman–Crippen MR) is 8.23 cm³/mol. The Hall–Kier alpha value is 1.10. The fourth-order valence-electron chi connectivity index (χ4n) is 0. The van der Waals surface area contributed by atoms with Gasteiger partial charge in [-0.2, -0.15) is 0 Å². The average Bonchev–Trinajstić information content (AvgIpc) is 0.722. The van der Waals surface area contributed by atoms with E-state index in [-0.39, 0.29) is 27.3 Å². The van der Waals surface area contributed by atoms with E-state index in [1.807, 2.05) is 0 Å². The molecule has 0 fully saturated rings. The minimum absolute atomic E-state index is 0. The Kier molecular flexibility index (Phi) is 5.33. The van der Waals surface area contributed by atoms with Gasteiger partial charge in [-0.3, -0.25) is 0 Å². The van der Waals surface area contributed by atoms with Gasteiger partial charge in [0.15, 0.2) is 0 Å². The first-order valence-corrected chi connectivity index (χ1v) is 3.87. The molecule has 0 spiro atoms. The van der Waals surface area contributed by atoms with Gasteiger partial charge in [-0.05, 0) is 0 Å². The fraction of sp³-hybridized carbons (Fsp3) is 0. The van der Waals surface area contributed by atoms with E-state index in [4.69, 9.17) is 10.6 Å². The van der Waals surface area contributed by atoms with Crippen molar-refractivity contribution in [3.05, 3.63) is 0 Å². The monoisotopic (exact) mass is 370 g/mol. The van der Waals surface area contributed by atoms with E-state index in [9.17, 15) is 3.16 Å². The molecule has 0 rings (SSSR count). The number of hydrogen-bond donors (Lipinski definition) is 0. The van der Waals surface area contributed by atoms with Crippen molar-refractivity contribution < 1.29 is 30.6 Å². The zero-order valence-electron chi connectivity index (χ0n) is 2.59. The summed E-state index contributed by atoms with van der Waals surface area (Å²) < 4.78 is 35.8. The van der Waals surface area contributed by atoms with Crippen molar-refractivity contribution in [2.45, 2.75) is 0 Å². The standard InChI is InChI=1S/FH.Mo.3O.Tl/h1H;;;;;/q;+1;;;-1;+1/p-1. The molecule has 0 saturated heterocycles. The van der Waals surface area contributed by atoms with Crippen molar-refractivity contribution in [2.75, 3.05) is 0 Å². The molecule has 0 atom stereocenters. The maximum absolute atomic E-state index is 10.2. The van der Waals surface area contributed by atoms with Crippen molar-refractivity contribution in [3.63, 3.8) is 0 Å². The first-order chi connectivity index (χ1) is 2.00. The van der Waals surface area contributed by atoms with Crippen LogP contribution in [0, 0.1) is 0 Å². The van der Waals surface area contributed by atoms with Gasteiger partial charge in [0.25, 0.3) is 0 Å². The second kappa shape index (κ2) is 3.15. The second-order valence-corrected chi connectivity index (χ2v) is 2.33. The summed E-state index contributed by atoms with van der Waals surface area (Å²) in [4.78, 5) is 0. The Morgan fingerprint density at radius 2 is 1.50 bits per heavy atom. The van der Waals surface area contributed by atoms with Gasteiger partial charge in [-0.25, -0.2) is 0 Å². The van der Waals surface area contributed by atoms with E-state index >= 15 is 0 Å². The summed E-state index contributed by atoms with van der Waals surface area (Å²) in [5.74, 6) is 0. The first-order valence-electron chi connectivity index (χ1n) is 0.654. The van der Waals surface area contributed by atoms with Crippen LogP contribution in [0.4, 0.5) is 3.16 Å². The molecule has 0 heterocycles. The molecule has 0 aromatic rings. The third-order valence-corrected chi connectivity index (χ3v) is 0. The number of rotatable bonds is 0. The van der Waals surface area contributed by atoms with E-state index < -0.39 is 16.9 Å². The van der Waals surface area contributed by atoms with Crippen LogP contribution in [-0.2, 0) is 23.7 Å². The number of hydrogen-bond acceptors (Lipinski definition) is 3. The van der Waals surface area contributed by atoms with Gasteiger partial charge in [-0.1, -0.05) is 0 Å². The molecule has 0 aromatic carbocycles. The molecule has 0 aliphatic heterocycles. The SMILES string of the molecule is [O]=[Mo](=[O])([O-])[F].[Tl+]. The third kappa shape index (κ3) is 70.8. The van der Waals surface area contributed by atoms with Gasteiger partial charge in [-0.15, -0.1) is 0 Å². The van der Waals surface area contributed by atoms with Gasteiger partial charge >= 0.3 is 57.9 Å². The molecule has 6 heteroatoms. The van der Waals surface area contributed by atoms with Crippen molar-refractivity contribution in [3.8, 4) is 0 Å². The Balaban J connectivity index is 0. The van der Waals surface area contributed by atoms with E-state index in [2.05, 4.69) is 0 Å². The largest absolute Gasteiger partial charge is 1.00 e. The molecule has 0 unspecified atom stereocenters. The van der Waals surface area contributed by atoms with Crippen molar-refractivity contribution >= 4 is 27.3 Å². The summed E-state index contributed by atoms with van der Waals surface area (Å²) in [5.41, 5.74) is 0. The summed E-state index contributed by atoms with van der Waals surface area (Å²) in [5, 5.41) is 0. The van der Waals surface area contributed by atoms with Gasteiger partial charge in [0.05, 0.1) is 0 Å². The molecule has 0 aliphatic carbocycles. The summed E-state index contributed by atoms with van der Waals surface area (Å²) in [6, 6.07) is 0. The Labute approximate surface area is 57.6 Å². The smallest absolute Gasteiger partial charge is 1.00 e. The van der Waals surface area contributed by atoms with Gasteiger partial charge in [0.1, 0.15) is 0 Å². The minimum Gasteiger partial charge on any atom is 1.00 e. The second-order valence-electron chi connectivity index (χ2n) is 0.393. The molecule has 3 nitrogen and oxygen atoms in total. The van der Waals surface area contributed by atoms with Crippen molar-refractivity contribution in [1.82, 2.24) is 0 Å². The van der Waals surface area contributed by atoms with Crippen molar-refractivity contribution in [1.29, 1.82) is 0 Å². The Bertz CT molecular complexity index is 94.0. The Morgan fingerprint density at radius 3 is 1.50 bits per heavy atom. The minimum atomic E-state index is -6.27. The van der Waals surface area contributed by atoms with E-state index in [1.165, 1.54) is 0 Å². The average molecular weight is 367 g/mol. The van der Waals surface area contributed by atoms with Crippen LogP contribution in [0.25, 0.3) is 0 Å². The zero-order valence-corrected chi connectivity index (χ0v) is 9.08. The quantitative estimate of drug-likeness (QED) is 0.496. The molecule has 0 amide bonds. The number of halogens is 1. The summed E-state index contributed by atoms with van der Waals surface area (Å²) in [6.45, 7) is 0. The van der Waals surface area contributed by atoms with Crippen molar-refractivity contribution in [2.24, 2.45) is 0 Å². The zero-order chi connectivity index (χ0) is 4.50. The Morgan fingerprint density at radius 1 is 1.50 bits per heavy atom.